The first-order valence-electron chi connectivity index (χ1n) is 8.44. The van der Waals surface area contributed by atoms with Gasteiger partial charge in [0.2, 0.25) is 0 Å². The van der Waals surface area contributed by atoms with Gasteiger partial charge in [-0.2, -0.15) is 0 Å². The SMILES string of the molecule is Clc1ccc(-n2c(C3CCC3)nc3cnc4ccccc4c32)cc1Cl. The molecule has 3 nitrogen and oxygen atoms in total. The summed E-state index contributed by atoms with van der Waals surface area (Å²) in [7, 11) is 0. The van der Waals surface area contributed by atoms with Crippen LogP contribution in [0.1, 0.15) is 31.0 Å². The Bertz CT molecular complexity index is 1110. The van der Waals surface area contributed by atoms with Crippen molar-refractivity contribution in [2.75, 3.05) is 0 Å². The molecule has 1 aliphatic rings. The van der Waals surface area contributed by atoms with E-state index < -0.39 is 0 Å². The molecular weight excluding hydrogens is 353 g/mol. The average Bonchev–Trinajstić information content (AvgIpc) is 2.95. The molecule has 5 rings (SSSR count). The molecule has 0 bridgehead atoms. The van der Waals surface area contributed by atoms with Gasteiger partial charge in [-0.1, -0.05) is 47.8 Å². The van der Waals surface area contributed by atoms with Crippen LogP contribution in [0.5, 0.6) is 0 Å². The maximum atomic E-state index is 6.30. The van der Waals surface area contributed by atoms with E-state index in [1.165, 1.54) is 19.3 Å². The van der Waals surface area contributed by atoms with Gasteiger partial charge in [0, 0.05) is 17.0 Å². The van der Waals surface area contributed by atoms with E-state index >= 15 is 0 Å². The van der Waals surface area contributed by atoms with E-state index in [9.17, 15) is 0 Å². The molecule has 0 N–H and O–H groups in total. The first-order chi connectivity index (χ1) is 12.2. The van der Waals surface area contributed by atoms with E-state index in [1.807, 2.05) is 42.6 Å². The maximum Gasteiger partial charge on any atom is 0.117 e. The molecule has 1 saturated carbocycles. The van der Waals surface area contributed by atoms with Gasteiger partial charge in [0.15, 0.2) is 0 Å². The van der Waals surface area contributed by atoms with Gasteiger partial charge >= 0.3 is 0 Å². The Morgan fingerprint density at radius 1 is 0.960 bits per heavy atom. The van der Waals surface area contributed by atoms with E-state index in [0.29, 0.717) is 16.0 Å². The topological polar surface area (TPSA) is 30.7 Å². The van der Waals surface area contributed by atoms with Crippen molar-refractivity contribution in [3.63, 3.8) is 0 Å². The van der Waals surface area contributed by atoms with Gasteiger partial charge in [0.05, 0.1) is 27.3 Å². The second kappa shape index (κ2) is 5.72. The van der Waals surface area contributed by atoms with Gasteiger partial charge in [0.1, 0.15) is 11.3 Å². The zero-order valence-corrected chi connectivity index (χ0v) is 14.9. The predicted molar refractivity (Wildman–Crippen MR) is 103 cm³/mol. The number of fused-ring (bicyclic) bond motifs is 3. The zero-order chi connectivity index (χ0) is 17.0. The Balaban J connectivity index is 1.89. The van der Waals surface area contributed by atoms with Crippen LogP contribution in [-0.4, -0.2) is 14.5 Å². The molecule has 5 heteroatoms. The fraction of sp³-hybridized carbons (Fsp3) is 0.200. The molecular formula is C20H15Cl2N3. The van der Waals surface area contributed by atoms with Crippen LogP contribution in [0.15, 0.2) is 48.7 Å². The summed E-state index contributed by atoms with van der Waals surface area (Å²) in [6.45, 7) is 0. The van der Waals surface area contributed by atoms with Crippen LogP contribution in [0, 0.1) is 0 Å². The highest BCUT2D eigenvalue weighted by Gasteiger charge is 2.27. The molecule has 1 aliphatic carbocycles. The monoisotopic (exact) mass is 367 g/mol. The largest absolute Gasteiger partial charge is 0.295 e. The zero-order valence-electron chi connectivity index (χ0n) is 13.4. The Hall–Kier alpha value is -2.10. The van der Waals surface area contributed by atoms with Crippen LogP contribution in [0.25, 0.3) is 27.6 Å². The van der Waals surface area contributed by atoms with Gasteiger partial charge in [-0.3, -0.25) is 9.55 Å². The molecule has 4 aromatic rings. The Labute approximate surface area is 155 Å². The van der Waals surface area contributed by atoms with E-state index in [2.05, 4.69) is 15.6 Å². The van der Waals surface area contributed by atoms with E-state index in [0.717, 1.165) is 33.4 Å². The Morgan fingerprint density at radius 3 is 2.56 bits per heavy atom. The van der Waals surface area contributed by atoms with Crippen LogP contribution in [0.2, 0.25) is 10.0 Å². The van der Waals surface area contributed by atoms with Gasteiger partial charge in [-0.05, 0) is 37.1 Å². The maximum absolute atomic E-state index is 6.30. The van der Waals surface area contributed by atoms with Crippen molar-refractivity contribution < 1.29 is 0 Å². The van der Waals surface area contributed by atoms with E-state index in [1.54, 1.807) is 0 Å². The molecule has 2 aromatic carbocycles. The minimum Gasteiger partial charge on any atom is -0.295 e. The Kier molecular flexibility index (Phi) is 3.47. The number of hydrogen-bond donors (Lipinski definition) is 0. The van der Waals surface area contributed by atoms with Crippen molar-refractivity contribution >= 4 is 45.1 Å². The molecule has 0 spiro atoms. The lowest BCUT2D eigenvalue weighted by molar-refractivity contribution is 0.399. The molecule has 25 heavy (non-hydrogen) atoms. The summed E-state index contributed by atoms with van der Waals surface area (Å²) in [5.74, 6) is 1.58. The highest BCUT2D eigenvalue weighted by atomic mass is 35.5. The van der Waals surface area contributed by atoms with Crippen molar-refractivity contribution in [3.8, 4) is 5.69 Å². The van der Waals surface area contributed by atoms with Crippen LogP contribution < -0.4 is 0 Å². The van der Waals surface area contributed by atoms with Crippen molar-refractivity contribution in [2.45, 2.75) is 25.2 Å². The molecule has 1 fully saturated rings. The van der Waals surface area contributed by atoms with Crippen molar-refractivity contribution in [3.05, 3.63) is 64.5 Å². The fourth-order valence-electron chi connectivity index (χ4n) is 3.55. The van der Waals surface area contributed by atoms with Crippen LogP contribution >= 0.6 is 23.2 Å². The third kappa shape index (κ3) is 2.34. The molecule has 0 atom stereocenters. The Morgan fingerprint density at radius 2 is 1.80 bits per heavy atom. The summed E-state index contributed by atoms with van der Waals surface area (Å²) in [4.78, 5) is 9.51. The lowest BCUT2D eigenvalue weighted by atomic mass is 9.85. The van der Waals surface area contributed by atoms with E-state index in [4.69, 9.17) is 28.2 Å². The molecule has 124 valence electrons. The highest BCUT2D eigenvalue weighted by Crippen LogP contribution is 2.40. The number of hydrogen-bond acceptors (Lipinski definition) is 2. The number of para-hydroxylation sites is 1. The average molecular weight is 368 g/mol. The van der Waals surface area contributed by atoms with Gasteiger partial charge < -0.3 is 0 Å². The number of rotatable bonds is 2. The molecule has 0 saturated heterocycles. The summed E-state index contributed by atoms with van der Waals surface area (Å²) in [6.07, 6.45) is 5.48. The van der Waals surface area contributed by atoms with Gasteiger partial charge in [-0.15, -0.1) is 0 Å². The summed E-state index contributed by atoms with van der Waals surface area (Å²) in [5, 5.41) is 2.22. The fourth-order valence-corrected chi connectivity index (χ4v) is 3.84. The summed E-state index contributed by atoms with van der Waals surface area (Å²) >= 11 is 12.4. The molecule has 2 aromatic heterocycles. The number of pyridine rings is 1. The second-order valence-corrected chi connectivity index (χ2v) is 7.36. The van der Waals surface area contributed by atoms with Crippen LogP contribution in [-0.2, 0) is 0 Å². The molecule has 0 unspecified atom stereocenters. The number of nitrogens with zero attached hydrogens (tertiary/aromatic N) is 3. The summed E-state index contributed by atoms with van der Waals surface area (Å²) < 4.78 is 2.24. The van der Waals surface area contributed by atoms with E-state index in [-0.39, 0.29) is 0 Å². The number of imidazole rings is 1. The van der Waals surface area contributed by atoms with Gasteiger partial charge in [-0.25, -0.2) is 4.98 Å². The molecule has 0 radical (unpaired) electrons. The first kappa shape index (κ1) is 15.2. The first-order valence-corrected chi connectivity index (χ1v) is 9.19. The van der Waals surface area contributed by atoms with Crippen molar-refractivity contribution in [1.82, 2.24) is 14.5 Å². The lowest BCUT2D eigenvalue weighted by Crippen LogP contribution is -2.14. The van der Waals surface area contributed by atoms with Crippen LogP contribution in [0.3, 0.4) is 0 Å². The molecule has 2 heterocycles. The van der Waals surface area contributed by atoms with Gasteiger partial charge in [0.25, 0.3) is 0 Å². The molecule has 0 aliphatic heterocycles. The minimum absolute atomic E-state index is 0.487. The second-order valence-electron chi connectivity index (χ2n) is 6.54. The molecule has 0 amide bonds. The standard InChI is InChI=1S/C20H15Cl2N3/c21-15-9-8-13(10-16(15)22)25-19-14-6-1-2-7-17(14)23-11-18(19)24-20(25)12-4-3-5-12/h1-2,6-12H,3-5H2. The third-order valence-corrected chi connectivity index (χ3v) is 5.79. The number of halogens is 2. The summed E-state index contributed by atoms with van der Waals surface area (Å²) in [6, 6.07) is 14.0. The lowest BCUT2D eigenvalue weighted by Gasteiger charge is -2.26. The van der Waals surface area contributed by atoms with Crippen LogP contribution in [0.4, 0.5) is 0 Å². The quantitative estimate of drug-likeness (QED) is 0.425. The third-order valence-electron chi connectivity index (χ3n) is 5.05. The van der Waals surface area contributed by atoms with Crippen molar-refractivity contribution in [1.29, 1.82) is 0 Å². The minimum atomic E-state index is 0.487. The smallest absolute Gasteiger partial charge is 0.117 e. The number of aromatic nitrogens is 3. The van der Waals surface area contributed by atoms with Crippen molar-refractivity contribution in [2.24, 2.45) is 0 Å². The predicted octanol–water partition coefficient (Wildman–Crippen LogP) is 6.15. The normalized spacial score (nSPS) is 15.0. The summed E-state index contributed by atoms with van der Waals surface area (Å²) in [5.41, 5.74) is 3.98. The highest BCUT2D eigenvalue weighted by molar-refractivity contribution is 6.42. The number of benzene rings is 2.